The Hall–Kier alpha value is -1.60. The van der Waals surface area contributed by atoms with Crippen LogP contribution in [0.15, 0.2) is 18.2 Å². The standard InChI is InChI=1S/C15H22N2O4S/c1-19-11-4-5-12(13(8-11)20-2)17-14(18)16-9-15(21-3)6-7-22-10-15/h4-5,8H,6-7,9-10H2,1-3H3,(H2,16,17,18). The summed E-state index contributed by atoms with van der Waals surface area (Å²) in [5.41, 5.74) is 0.333. The number of rotatable bonds is 6. The molecule has 2 amide bonds. The summed E-state index contributed by atoms with van der Waals surface area (Å²) in [7, 11) is 4.82. The molecule has 1 atom stereocenters. The van der Waals surface area contributed by atoms with Gasteiger partial charge in [-0.15, -0.1) is 0 Å². The molecule has 0 radical (unpaired) electrons. The molecule has 0 bridgehead atoms. The first-order valence-corrected chi connectivity index (χ1v) is 8.18. The number of anilines is 1. The molecule has 6 nitrogen and oxygen atoms in total. The number of carbonyl (C=O) groups excluding carboxylic acids is 1. The lowest BCUT2D eigenvalue weighted by atomic mass is 10.0. The average molecular weight is 326 g/mol. The second kappa shape index (κ2) is 7.60. The van der Waals surface area contributed by atoms with Gasteiger partial charge in [0.25, 0.3) is 0 Å². The van der Waals surface area contributed by atoms with Crippen LogP contribution in [-0.2, 0) is 4.74 Å². The van der Waals surface area contributed by atoms with Crippen LogP contribution in [0.2, 0.25) is 0 Å². The molecule has 1 aromatic rings. The average Bonchev–Trinajstić information content (AvgIpc) is 3.03. The van der Waals surface area contributed by atoms with E-state index in [1.165, 1.54) is 0 Å². The van der Waals surface area contributed by atoms with Gasteiger partial charge >= 0.3 is 6.03 Å². The second-order valence-electron chi connectivity index (χ2n) is 5.06. The van der Waals surface area contributed by atoms with Crippen molar-refractivity contribution in [3.05, 3.63) is 18.2 Å². The van der Waals surface area contributed by atoms with Crippen LogP contribution in [-0.4, -0.2) is 51.0 Å². The lowest BCUT2D eigenvalue weighted by Gasteiger charge is -2.26. The molecule has 122 valence electrons. The first-order valence-electron chi connectivity index (χ1n) is 7.02. The fourth-order valence-corrected chi connectivity index (χ4v) is 3.67. The molecule has 22 heavy (non-hydrogen) atoms. The summed E-state index contributed by atoms with van der Waals surface area (Å²) >= 11 is 1.84. The lowest BCUT2D eigenvalue weighted by Crippen LogP contribution is -2.45. The maximum Gasteiger partial charge on any atom is 0.319 e. The van der Waals surface area contributed by atoms with Gasteiger partial charge in [-0.05, 0) is 24.3 Å². The van der Waals surface area contributed by atoms with E-state index in [1.807, 2.05) is 11.8 Å². The molecular formula is C15H22N2O4S. The molecule has 2 N–H and O–H groups in total. The number of thioether (sulfide) groups is 1. The third kappa shape index (κ3) is 3.98. The van der Waals surface area contributed by atoms with Crippen molar-refractivity contribution >= 4 is 23.5 Å². The Balaban J connectivity index is 1.94. The van der Waals surface area contributed by atoms with E-state index in [0.29, 0.717) is 23.7 Å². The van der Waals surface area contributed by atoms with E-state index in [2.05, 4.69) is 10.6 Å². The van der Waals surface area contributed by atoms with Gasteiger partial charge in [0.15, 0.2) is 0 Å². The van der Waals surface area contributed by atoms with Crippen molar-refractivity contribution in [1.29, 1.82) is 0 Å². The van der Waals surface area contributed by atoms with Crippen molar-refractivity contribution < 1.29 is 19.0 Å². The first kappa shape index (κ1) is 16.8. The topological polar surface area (TPSA) is 68.8 Å². The zero-order valence-electron chi connectivity index (χ0n) is 13.1. The molecule has 1 unspecified atom stereocenters. The quantitative estimate of drug-likeness (QED) is 0.840. The van der Waals surface area contributed by atoms with Crippen molar-refractivity contribution in [3.63, 3.8) is 0 Å². The SMILES string of the molecule is COc1ccc(NC(=O)NCC2(OC)CCSC2)c(OC)c1. The minimum Gasteiger partial charge on any atom is -0.497 e. The van der Waals surface area contributed by atoms with Gasteiger partial charge in [-0.2, -0.15) is 11.8 Å². The van der Waals surface area contributed by atoms with Crippen molar-refractivity contribution in [1.82, 2.24) is 5.32 Å². The van der Waals surface area contributed by atoms with Crippen LogP contribution < -0.4 is 20.1 Å². The Morgan fingerprint density at radius 1 is 1.32 bits per heavy atom. The molecule has 1 fully saturated rings. The van der Waals surface area contributed by atoms with Crippen molar-refractivity contribution in [2.45, 2.75) is 12.0 Å². The van der Waals surface area contributed by atoms with Crippen molar-refractivity contribution in [3.8, 4) is 11.5 Å². The van der Waals surface area contributed by atoms with Crippen LogP contribution in [0.4, 0.5) is 10.5 Å². The van der Waals surface area contributed by atoms with Crippen molar-refractivity contribution in [2.75, 3.05) is 44.7 Å². The summed E-state index contributed by atoms with van der Waals surface area (Å²) < 4.78 is 16.0. The van der Waals surface area contributed by atoms with Gasteiger partial charge in [0, 0.05) is 25.5 Å². The summed E-state index contributed by atoms with van der Waals surface area (Å²) in [6.07, 6.45) is 0.945. The van der Waals surface area contributed by atoms with E-state index in [-0.39, 0.29) is 11.6 Å². The Labute approximate surface area is 134 Å². The maximum atomic E-state index is 12.1. The molecule has 7 heteroatoms. The van der Waals surface area contributed by atoms with Gasteiger partial charge < -0.3 is 24.8 Å². The molecule has 0 aliphatic carbocycles. The summed E-state index contributed by atoms with van der Waals surface area (Å²) in [5.74, 6) is 3.18. The second-order valence-corrected chi connectivity index (χ2v) is 6.17. The molecule has 1 aliphatic heterocycles. The highest BCUT2D eigenvalue weighted by atomic mass is 32.2. The molecule has 1 aliphatic rings. The van der Waals surface area contributed by atoms with Crippen LogP contribution >= 0.6 is 11.8 Å². The molecule has 0 saturated carbocycles. The fourth-order valence-electron chi connectivity index (χ4n) is 2.27. The smallest absolute Gasteiger partial charge is 0.319 e. The molecule has 0 aromatic heterocycles. The highest BCUT2D eigenvalue weighted by Crippen LogP contribution is 2.31. The Morgan fingerprint density at radius 2 is 2.14 bits per heavy atom. The summed E-state index contributed by atoms with van der Waals surface area (Å²) in [6.45, 7) is 0.487. The van der Waals surface area contributed by atoms with Gasteiger partial charge in [-0.25, -0.2) is 4.79 Å². The number of amides is 2. The highest BCUT2D eigenvalue weighted by molar-refractivity contribution is 7.99. The van der Waals surface area contributed by atoms with E-state index < -0.39 is 0 Å². The number of ether oxygens (including phenoxy) is 3. The Morgan fingerprint density at radius 3 is 2.73 bits per heavy atom. The number of hydrogen-bond donors (Lipinski definition) is 2. The maximum absolute atomic E-state index is 12.1. The van der Waals surface area contributed by atoms with E-state index in [9.17, 15) is 4.79 Å². The minimum atomic E-state index is -0.281. The van der Waals surface area contributed by atoms with Crippen LogP contribution in [0.1, 0.15) is 6.42 Å². The third-order valence-corrected chi connectivity index (χ3v) is 4.95. The molecule has 1 aromatic carbocycles. The summed E-state index contributed by atoms with van der Waals surface area (Å²) in [5, 5.41) is 5.65. The molecule has 0 spiro atoms. The summed E-state index contributed by atoms with van der Waals surface area (Å²) in [6, 6.07) is 4.95. The number of methoxy groups -OCH3 is 3. The molecular weight excluding hydrogens is 304 g/mol. The normalized spacial score (nSPS) is 20.5. The minimum absolute atomic E-state index is 0.258. The predicted octanol–water partition coefficient (Wildman–Crippen LogP) is 2.35. The number of urea groups is 1. The van der Waals surface area contributed by atoms with Gasteiger partial charge in [-0.1, -0.05) is 0 Å². The number of hydrogen-bond acceptors (Lipinski definition) is 5. The van der Waals surface area contributed by atoms with Crippen LogP contribution in [0.3, 0.4) is 0 Å². The van der Waals surface area contributed by atoms with Crippen LogP contribution in [0, 0.1) is 0 Å². The van der Waals surface area contributed by atoms with Crippen molar-refractivity contribution in [2.24, 2.45) is 0 Å². The Kier molecular flexibility index (Phi) is 5.79. The predicted molar refractivity (Wildman–Crippen MR) is 88.2 cm³/mol. The molecule has 2 rings (SSSR count). The van der Waals surface area contributed by atoms with Crippen LogP contribution in [0.25, 0.3) is 0 Å². The van der Waals surface area contributed by atoms with E-state index in [1.54, 1.807) is 39.5 Å². The van der Waals surface area contributed by atoms with Gasteiger partial charge in [-0.3, -0.25) is 0 Å². The number of benzene rings is 1. The zero-order chi connectivity index (χ0) is 16.0. The Bertz CT molecular complexity index is 518. The number of nitrogens with one attached hydrogen (secondary N) is 2. The monoisotopic (exact) mass is 326 g/mol. The zero-order valence-corrected chi connectivity index (χ0v) is 13.9. The fraction of sp³-hybridized carbons (Fsp3) is 0.533. The largest absolute Gasteiger partial charge is 0.497 e. The van der Waals surface area contributed by atoms with Crippen LogP contribution in [0.5, 0.6) is 11.5 Å². The lowest BCUT2D eigenvalue weighted by molar-refractivity contribution is 0.0161. The van der Waals surface area contributed by atoms with Gasteiger partial charge in [0.1, 0.15) is 11.5 Å². The van der Waals surface area contributed by atoms with E-state index in [0.717, 1.165) is 17.9 Å². The molecule has 1 heterocycles. The van der Waals surface area contributed by atoms with E-state index >= 15 is 0 Å². The third-order valence-electron chi connectivity index (χ3n) is 3.73. The highest BCUT2D eigenvalue weighted by Gasteiger charge is 2.34. The van der Waals surface area contributed by atoms with Gasteiger partial charge in [0.2, 0.25) is 0 Å². The molecule has 1 saturated heterocycles. The summed E-state index contributed by atoms with van der Waals surface area (Å²) in [4.78, 5) is 12.1. The number of carbonyl (C=O) groups is 1. The van der Waals surface area contributed by atoms with Gasteiger partial charge in [0.05, 0.1) is 25.5 Å². The van der Waals surface area contributed by atoms with E-state index in [4.69, 9.17) is 14.2 Å². The first-order chi connectivity index (χ1) is 10.6.